The highest BCUT2D eigenvalue weighted by molar-refractivity contribution is 5.38. The molecule has 1 heterocycles. The molecule has 0 aliphatic heterocycles. The Labute approximate surface area is 119 Å². The zero-order chi connectivity index (χ0) is 13.9. The van der Waals surface area contributed by atoms with Crippen LogP contribution in [-0.2, 0) is 19.9 Å². The largest absolute Gasteiger partial charge is 0.493 e. The lowest BCUT2D eigenvalue weighted by atomic mass is 9.89. The second-order valence-electron chi connectivity index (χ2n) is 5.32. The molecule has 0 unspecified atom stereocenters. The molecule has 0 bridgehead atoms. The summed E-state index contributed by atoms with van der Waals surface area (Å²) in [5, 5.41) is 10.0. The third-order valence-corrected chi connectivity index (χ3v) is 3.92. The third kappa shape index (κ3) is 2.70. The molecule has 0 spiro atoms. The molecule has 2 aromatic rings. The first-order chi connectivity index (χ1) is 9.74. The number of aryl methyl sites for hydroxylation is 2. The van der Waals surface area contributed by atoms with Crippen molar-refractivity contribution in [1.29, 1.82) is 0 Å². The molecule has 0 saturated carbocycles. The average Bonchev–Trinajstić information content (AvgIpc) is 2.85. The highest BCUT2D eigenvalue weighted by Gasteiger charge is 2.18. The number of imidazole rings is 1. The number of benzene rings is 1. The molecule has 0 saturated heterocycles. The van der Waals surface area contributed by atoms with Gasteiger partial charge < -0.3 is 14.4 Å². The number of hydrogen-bond acceptors (Lipinski definition) is 3. The summed E-state index contributed by atoms with van der Waals surface area (Å²) in [5.41, 5.74) is 2.28. The Morgan fingerprint density at radius 2 is 2.35 bits per heavy atom. The number of aromatic nitrogens is 2. The fourth-order valence-electron chi connectivity index (χ4n) is 2.74. The first-order valence-corrected chi connectivity index (χ1v) is 7.14. The Morgan fingerprint density at radius 1 is 1.45 bits per heavy atom. The van der Waals surface area contributed by atoms with E-state index in [1.165, 1.54) is 5.56 Å². The summed E-state index contributed by atoms with van der Waals surface area (Å²) in [5.74, 6) is 1.85. The van der Waals surface area contributed by atoms with Crippen LogP contribution >= 0.6 is 0 Å². The summed E-state index contributed by atoms with van der Waals surface area (Å²) in [6.45, 7) is 0.597. The van der Waals surface area contributed by atoms with Gasteiger partial charge in [-0.05, 0) is 42.5 Å². The predicted molar refractivity (Wildman–Crippen MR) is 76.7 cm³/mol. The topological polar surface area (TPSA) is 47.3 Å². The summed E-state index contributed by atoms with van der Waals surface area (Å²) in [6, 6.07) is 6.06. The van der Waals surface area contributed by atoms with Crippen molar-refractivity contribution >= 4 is 0 Å². The molecular weight excluding hydrogens is 252 g/mol. The van der Waals surface area contributed by atoms with Crippen molar-refractivity contribution in [2.45, 2.75) is 31.8 Å². The van der Waals surface area contributed by atoms with Gasteiger partial charge in [-0.1, -0.05) is 6.07 Å². The van der Waals surface area contributed by atoms with Gasteiger partial charge in [-0.2, -0.15) is 0 Å². The number of aliphatic hydroxyl groups excluding tert-OH is 1. The van der Waals surface area contributed by atoms with Crippen LogP contribution in [-0.4, -0.2) is 21.3 Å². The van der Waals surface area contributed by atoms with Gasteiger partial charge in [-0.3, -0.25) is 0 Å². The maximum Gasteiger partial charge on any atom is 0.119 e. The van der Waals surface area contributed by atoms with Gasteiger partial charge in [0.1, 0.15) is 11.6 Å². The van der Waals surface area contributed by atoms with Crippen LogP contribution in [0.4, 0.5) is 0 Å². The van der Waals surface area contributed by atoms with Crippen LogP contribution in [0.1, 0.15) is 35.9 Å². The van der Waals surface area contributed by atoms with Crippen LogP contribution < -0.4 is 4.74 Å². The molecule has 4 nitrogen and oxygen atoms in total. The first kappa shape index (κ1) is 13.2. The molecular formula is C16H20N2O2. The quantitative estimate of drug-likeness (QED) is 0.929. The molecule has 4 heteroatoms. The van der Waals surface area contributed by atoms with Gasteiger partial charge in [-0.25, -0.2) is 4.98 Å². The lowest BCUT2D eigenvalue weighted by Gasteiger charge is -2.22. The van der Waals surface area contributed by atoms with Crippen molar-refractivity contribution in [2.75, 3.05) is 6.61 Å². The fourth-order valence-corrected chi connectivity index (χ4v) is 2.74. The summed E-state index contributed by atoms with van der Waals surface area (Å²) in [7, 11) is 1.98. The lowest BCUT2D eigenvalue weighted by molar-refractivity contribution is 0.156. The minimum atomic E-state index is -0.336. The minimum absolute atomic E-state index is 0.336. The average molecular weight is 272 g/mol. The number of hydrogen-bond donors (Lipinski definition) is 1. The molecule has 0 amide bonds. The Bertz CT molecular complexity index is 592. The summed E-state index contributed by atoms with van der Waals surface area (Å²) >= 11 is 0. The molecule has 106 valence electrons. The Morgan fingerprint density at radius 3 is 3.15 bits per heavy atom. The Balaban J connectivity index is 1.63. The molecule has 1 N–H and O–H groups in total. The smallest absolute Gasteiger partial charge is 0.119 e. The van der Waals surface area contributed by atoms with Crippen molar-refractivity contribution in [1.82, 2.24) is 9.55 Å². The van der Waals surface area contributed by atoms with Gasteiger partial charge in [0.05, 0.1) is 12.7 Å². The van der Waals surface area contributed by atoms with Crippen LogP contribution in [0.5, 0.6) is 5.75 Å². The molecule has 0 radical (unpaired) electrons. The summed E-state index contributed by atoms with van der Waals surface area (Å²) in [6.07, 6.45) is 7.15. The predicted octanol–water partition coefficient (Wildman–Crippen LogP) is 2.41. The molecule has 0 fully saturated rings. The molecule has 1 atom stereocenters. The van der Waals surface area contributed by atoms with E-state index in [0.29, 0.717) is 6.61 Å². The van der Waals surface area contributed by atoms with E-state index in [2.05, 4.69) is 11.1 Å². The van der Waals surface area contributed by atoms with Crippen molar-refractivity contribution in [2.24, 2.45) is 7.05 Å². The Kier molecular flexibility index (Phi) is 3.74. The van der Waals surface area contributed by atoms with Gasteiger partial charge in [0, 0.05) is 25.9 Å². The number of ether oxygens (including phenoxy) is 1. The van der Waals surface area contributed by atoms with E-state index in [9.17, 15) is 5.11 Å². The molecule has 1 aliphatic carbocycles. The van der Waals surface area contributed by atoms with E-state index in [1.807, 2.05) is 29.9 Å². The number of aliphatic hydroxyl groups is 1. The fraction of sp³-hybridized carbons (Fsp3) is 0.438. The molecule has 1 aromatic heterocycles. The third-order valence-electron chi connectivity index (χ3n) is 3.92. The monoisotopic (exact) mass is 272 g/mol. The van der Waals surface area contributed by atoms with E-state index in [4.69, 9.17) is 4.74 Å². The van der Waals surface area contributed by atoms with Crippen molar-refractivity contribution in [3.05, 3.63) is 47.5 Å². The van der Waals surface area contributed by atoms with Crippen LogP contribution in [0.15, 0.2) is 30.6 Å². The maximum absolute atomic E-state index is 10.0. The van der Waals surface area contributed by atoms with Crippen molar-refractivity contribution in [3.8, 4) is 5.75 Å². The number of rotatable bonds is 4. The number of nitrogens with zero attached hydrogens (tertiary/aromatic N) is 2. The summed E-state index contributed by atoms with van der Waals surface area (Å²) in [4.78, 5) is 4.27. The second-order valence-corrected chi connectivity index (χ2v) is 5.32. The van der Waals surface area contributed by atoms with Crippen LogP contribution in [0.25, 0.3) is 0 Å². The molecule has 20 heavy (non-hydrogen) atoms. The highest BCUT2D eigenvalue weighted by atomic mass is 16.5. The standard InChI is InChI=1S/C16H20N2O2/c1-18-9-8-17-16(18)7-10-20-13-6-5-12-3-2-4-15(19)14(12)11-13/h5-6,8-9,11,15,19H,2-4,7,10H2,1H3/t15-/m0/s1. The van der Waals surface area contributed by atoms with Gasteiger partial charge in [-0.15, -0.1) is 0 Å². The van der Waals surface area contributed by atoms with Crippen molar-refractivity contribution in [3.63, 3.8) is 0 Å². The van der Waals surface area contributed by atoms with E-state index in [0.717, 1.165) is 42.8 Å². The van der Waals surface area contributed by atoms with Crippen LogP contribution in [0, 0.1) is 0 Å². The zero-order valence-corrected chi connectivity index (χ0v) is 11.7. The van der Waals surface area contributed by atoms with Gasteiger partial charge in [0.25, 0.3) is 0 Å². The SMILES string of the molecule is Cn1ccnc1CCOc1ccc2c(c1)[C@@H](O)CCC2. The lowest BCUT2D eigenvalue weighted by Crippen LogP contribution is -2.10. The maximum atomic E-state index is 10.0. The van der Waals surface area contributed by atoms with E-state index in [-0.39, 0.29) is 6.10 Å². The van der Waals surface area contributed by atoms with E-state index < -0.39 is 0 Å². The normalized spacial score (nSPS) is 17.8. The molecule has 1 aliphatic rings. The molecule has 3 rings (SSSR count). The number of fused-ring (bicyclic) bond motifs is 1. The van der Waals surface area contributed by atoms with Gasteiger partial charge in [0.15, 0.2) is 0 Å². The minimum Gasteiger partial charge on any atom is -0.493 e. The summed E-state index contributed by atoms with van der Waals surface area (Å²) < 4.78 is 7.78. The first-order valence-electron chi connectivity index (χ1n) is 7.14. The Hall–Kier alpha value is -1.81. The van der Waals surface area contributed by atoms with Crippen molar-refractivity contribution < 1.29 is 9.84 Å². The van der Waals surface area contributed by atoms with Crippen LogP contribution in [0.3, 0.4) is 0 Å². The van der Waals surface area contributed by atoms with E-state index in [1.54, 1.807) is 6.20 Å². The molecule has 1 aromatic carbocycles. The van der Waals surface area contributed by atoms with Gasteiger partial charge >= 0.3 is 0 Å². The van der Waals surface area contributed by atoms with Crippen LogP contribution in [0.2, 0.25) is 0 Å². The van der Waals surface area contributed by atoms with E-state index >= 15 is 0 Å². The highest BCUT2D eigenvalue weighted by Crippen LogP contribution is 2.32. The van der Waals surface area contributed by atoms with Gasteiger partial charge in [0.2, 0.25) is 0 Å². The second kappa shape index (κ2) is 5.67. The zero-order valence-electron chi connectivity index (χ0n) is 11.7.